The molecule has 1 rings (SSSR count). The van der Waals surface area contributed by atoms with Crippen LogP contribution in [0.5, 0.6) is 5.75 Å². The number of ether oxygens (including phenoxy) is 2. The molecule has 4 heteroatoms. The molecule has 0 spiro atoms. The Kier molecular flexibility index (Phi) is 5.10. The predicted molar refractivity (Wildman–Crippen MR) is 72.8 cm³/mol. The number of esters is 1. The van der Waals surface area contributed by atoms with Crippen LogP contribution in [0.15, 0.2) is 12.1 Å². The topological polar surface area (TPSA) is 52.6 Å². The summed E-state index contributed by atoms with van der Waals surface area (Å²) in [5.41, 5.74) is 1.93. The van der Waals surface area contributed by atoms with Crippen LogP contribution in [0.1, 0.15) is 48.2 Å². The average molecular weight is 264 g/mol. The molecule has 0 bridgehead atoms. The van der Waals surface area contributed by atoms with Crippen molar-refractivity contribution in [1.82, 2.24) is 0 Å². The normalized spacial score (nSPS) is 10.4. The molecule has 0 aliphatic carbocycles. The van der Waals surface area contributed by atoms with Gasteiger partial charge in [0.25, 0.3) is 5.78 Å². The molecule has 0 heterocycles. The highest BCUT2D eigenvalue weighted by Crippen LogP contribution is 2.31. The largest absolute Gasteiger partial charge is 0.496 e. The molecule has 19 heavy (non-hydrogen) atoms. The molecule has 0 amide bonds. The fourth-order valence-corrected chi connectivity index (χ4v) is 1.98. The van der Waals surface area contributed by atoms with E-state index in [9.17, 15) is 9.59 Å². The molecule has 0 aliphatic rings. The molecule has 0 N–H and O–H groups in total. The number of hydrogen-bond acceptors (Lipinski definition) is 4. The molecular weight excluding hydrogens is 244 g/mol. The molecule has 0 radical (unpaired) electrons. The fraction of sp³-hybridized carbons (Fsp3) is 0.467. The van der Waals surface area contributed by atoms with Crippen molar-refractivity contribution in [2.45, 2.75) is 33.6 Å². The van der Waals surface area contributed by atoms with Crippen LogP contribution in [-0.2, 0) is 9.53 Å². The molecule has 4 nitrogen and oxygen atoms in total. The Labute approximate surface area is 113 Å². The first-order valence-corrected chi connectivity index (χ1v) is 6.32. The monoisotopic (exact) mass is 264 g/mol. The van der Waals surface area contributed by atoms with Crippen molar-refractivity contribution >= 4 is 11.8 Å². The highest BCUT2D eigenvalue weighted by Gasteiger charge is 2.27. The van der Waals surface area contributed by atoms with Crippen LogP contribution in [0, 0.1) is 6.92 Å². The van der Waals surface area contributed by atoms with E-state index in [2.05, 4.69) is 0 Å². The molecule has 0 saturated heterocycles. The standard InChI is InChI=1S/C15H20O4/c1-6-19-15(17)13(16)12-11(9(2)3)8-7-10(4)14(12)18-5/h7-9H,6H2,1-5H3. The van der Waals surface area contributed by atoms with Gasteiger partial charge in [0.1, 0.15) is 5.75 Å². The zero-order valence-corrected chi connectivity index (χ0v) is 12.1. The Morgan fingerprint density at radius 3 is 2.37 bits per heavy atom. The Bertz CT molecular complexity index is 489. The number of carbonyl (C=O) groups is 2. The van der Waals surface area contributed by atoms with Crippen molar-refractivity contribution in [3.8, 4) is 5.75 Å². The molecule has 0 saturated carbocycles. The zero-order chi connectivity index (χ0) is 14.6. The van der Waals surface area contributed by atoms with Crippen molar-refractivity contribution in [2.24, 2.45) is 0 Å². The molecular formula is C15H20O4. The Balaban J connectivity index is 3.41. The van der Waals surface area contributed by atoms with Crippen LogP contribution >= 0.6 is 0 Å². The van der Waals surface area contributed by atoms with Gasteiger partial charge in [-0.25, -0.2) is 4.79 Å². The van der Waals surface area contributed by atoms with Crippen LogP contribution in [0.2, 0.25) is 0 Å². The zero-order valence-electron chi connectivity index (χ0n) is 12.1. The van der Waals surface area contributed by atoms with Crippen LogP contribution < -0.4 is 4.74 Å². The average Bonchev–Trinajstić information content (AvgIpc) is 2.37. The summed E-state index contributed by atoms with van der Waals surface area (Å²) in [6.07, 6.45) is 0. The highest BCUT2D eigenvalue weighted by atomic mass is 16.5. The molecule has 0 aliphatic heterocycles. The number of benzene rings is 1. The van der Waals surface area contributed by atoms with Gasteiger partial charge in [-0.1, -0.05) is 26.0 Å². The van der Waals surface area contributed by atoms with E-state index >= 15 is 0 Å². The van der Waals surface area contributed by atoms with Gasteiger partial charge in [-0.15, -0.1) is 0 Å². The maximum absolute atomic E-state index is 12.2. The van der Waals surface area contributed by atoms with Gasteiger partial charge in [-0.05, 0) is 30.9 Å². The molecule has 1 aromatic carbocycles. The Hall–Kier alpha value is -1.84. The third kappa shape index (κ3) is 3.13. The molecule has 1 aromatic rings. The minimum absolute atomic E-state index is 0.114. The second-order valence-corrected chi connectivity index (χ2v) is 4.58. The number of Topliss-reactive ketones (excluding diaryl/α,β-unsaturated/α-hetero) is 1. The van der Waals surface area contributed by atoms with Gasteiger partial charge in [-0.3, -0.25) is 4.79 Å². The van der Waals surface area contributed by atoms with Gasteiger partial charge in [0.05, 0.1) is 19.3 Å². The van der Waals surface area contributed by atoms with Gasteiger partial charge in [0.2, 0.25) is 0 Å². The summed E-state index contributed by atoms with van der Waals surface area (Å²) in [4.78, 5) is 23.9. The first-order chi connectivity index (χ1) is 8.93. The fourth-order valence-electron chi connectivity index (χ4n) is 1.98. The van der Waals surface area contributed by atoms with E-state index in [1.807, 2.05) is 32.9 Å². The van der Waals surface area contributed by atoms with Crippen molar-refractivity contribution in [2.75, 3.05) is 13.7 Å². The summed E-state index contributed by atoms with van der Waals surface area (Å²) >= 11 is 0. The van der Waals surface area contributed by atoms with Crippen molar-refractivity contribution < 1.29 is 19.1 Å². The summed E-state index contributed by atoms with van der Waals surface area (Å²) in [5, 5.41) is 0. The van der Waals surface area contributed by atoms with Crippen LogP contribution in [-0.4, -0.2) is 25.5 Å². The van der Waals surface area contributed by atoms with Crippen molar-refractivity contribution in [3.63, 3.8) is 0 Å². The van der Waals surface area contributed by atoms with Gasteiger partial charge >= 0.3 is 5.97 Å². The Morgan fingerprint density at radius 1 is 1.26 bits per heavy atom. The Morgan fingerprint density at radius 2 is 1.89 bits per heavy atom. The number of aryl methyl sites for hydroxylation is 1. The summed E-state index contributed by atoms with van der Waals surface area (Å²) in [7, 11) is 1.49. The number of methoxy groups -OCH3 is 1. The second-order valence-electron chi connectivity index (χ2n) is 4.58. The molecule has 0 atom stereocenters. The van der Waals surface area contributed by atoms with E-state index in [1.165, 1.54) is 7.11 Å². The van der Waals surface area contributed by atoms with E-state index in [-0.39, 0.29) is 12.5 Å². The quantitative estimate of drug-likeness (QED) is 0.466. The molecule has 0 fully saturated rings. The lowest BCUT2D eigenvalue weighted by Crippen LogP contribution is -2.20. The molecule has 104 valence electrons. The maximum atomic E-state index is 12.2. The van der Waals surface area contributed by atoms with E-state index in [4.69, 9.17) is 9.47 Å². The lowest BCUT2D eigenvalue weighted by Gasteiger charge is -2.16. The third-order valence-corrected chi connectivity index (χ3v) is 2.90. The smallest absolute Gasteiger partial charge is 0.379 e. The number of ketones is 1. The van der Waals surface area contributed by atoms with Crippen molar-refractivity contribution in [3.05, 3.63) is 28.8 Å². The minimum atomic E-state index is -0.840. The van der Waals surface area contributed by atoms with E-state index in [0.29, 0.717) is 11.3 Å². The lowest BCUT2D eigenvalue weighted by atomic mass is 9.92. The summed E-state index contributed by atoms with van der Waals surface area (Å²) in [5.74, 6) is -0.925. The van der Waals surface area contributed by atoms with Crippen LogP contribution in [0.4, 0.5) is 0 Å². The summed E-state index contributed by atoms with van der Waals surface area (Å²) in [6.45, 7) is 7.61. The number of hydrogen-bond donors (Lipinski definition) is 0. The predicted octanol–water partition coefficient (Wildman–Crippen LogP) is 2.87. The van der Waals surface area contributed by atoms with Crippen LogP contribution in [0.25, 0.3) is 0 Å². The van der Waals surface area contributed by atoms with Gasteiger partial charge in [0.15, 0.2) is 0 Å². The number of carbonyl (C=O) groups excluding carboxylic acids is 2. The highest BCUT2D eigenvalue weighted by molar-refractivity contribution is 6.41. The molecule has 0 aromatic heterocycles. The van der Waals surface area contributed by atoms with Gasteiger partial charge in [0, 0.05) is 0 Å². The third-order valence-electron chi connectivity index (χ3n) is 2.90. The summed E-state index contributed by atoms with van der Waals surface area (Å²) in [6, 6.07) is 3.74. The van der Waals surface area contributed by atoms with Gasteiger partial charge in [-0.2, -0.15) is 0 Å². The SMILES string of the molecule is CCOC(=O)C(=O)c1c(C(C)C)ccc(C)c1OC. The molecule has 0 unspecified atom stereocenters. The number of rotatable bonds is 5. The first kappa shape index (κ1) is 15.2. The van der Waals surface area contributed by atoms with Gasteiger partial charge < -0.3 is 9.47 Å². The second kappa shape index (κ2) is 6.36. The van der Waals surface area contributed by atoms with E-state index < -0.39 is 11.8 Å². The maximum Gasteiger partial charge on any atom is 0.379 e. The van der Waals surface area contributed by atoms with Crippen LogP contribution in [0.3, 0.4) is 0 Å². The van der Waals surface area contributed by atoms with Crippen molar-refractivity contribution in [1.29, 1.82) is 0 Å². The van der Waals surface area contributed by atoms with E-state index in [1.54, 1.807) is 6.92 Å². The minimum Gasteiger partial charge on any atom is -0.496 e. The summed E-state index contributed by atoms with van der Waals surface area (Å²) < 4.78 is 10.1. The van der Waals surface area contributed by atoms with E-state index in [0.717, 1.165) is 11.1 Å². The lowest BCUT2D eigenvalue weighted by molar-refractivity contribution is -0.137. The first-order valence-electron chi connectivity index (χ1n) is 6.32.